The summed E-state index contributed by atoms with van der Waals surface area (Å²) in [5, 5.41) is 9.86. The number of hydrogen-bond acceptors (Lipinski definition) is 2. The molecule has 0 amide bonds. The molecule has 0 aliphatic rings. The third-order valence-corrected chi connectivity index (χ3v) is 10.5. The Balaban J connectivity index is 1.26. The highest BCUT2D eigenvalue weighted by atomic mass is 15.0. The molecule has 0 saturated heterocycles. The maximum absolute atomic E-state index is 4.95. The van der Waals surface area contributed by atoms with Gasteiger partial charge in [-0.05, 0) is 115 Å². The highest BCUT2D eigenvalue weighted by molar-refractivity contribution is 6.22. The van der Waals surface area contributed by atoms with E-state index in [1.807, 2.05) is 30.6 Å². The lowest BCUT2D eigenvalue weighted by Gasteiger charge is -2.18. The van der Waals surface area contributed by atoms with Crippen LogP contribution < -0.4 is 0 Å². The highest BCUT2D eigenvalue weighted by Crippen LogP contribution is 2.45. The monoisotopic (exact) mass is 665 g/mol. The van der Waals surface area contributed by atoms with Crippen molar-refractivity contribution < 1.29 is 0 Å². The summed E-state index contributed by atoms with van der Waals surface area (Å²) in [5.74, 6) is 0. The Morgan fingerprint density at radius 3 is 1.83 bits per heavy atom. The molecule has 3 aromatic heterocycles. The lowest BCUT2D eigenvalue weighted by molar-refractivity contribution is 0.919. The number of nitrogens with zero attached hydrogens (tertiary/aromatic N) is 3. The van der Waals surface area contributed by atoms with E-state index in [1.165, 1.54) is 65.5 Å². The van der Waals surface area contributed by atoms with Crippen molar-refractivity contribution in [2.24, 2.45) is 0 Å². The van der Waals surface area contributed by atoms with Crippen LogP contribution in [-0.2, 0) is 6.42 Å². The molecule has 0 unspecified atom stereocenters. The van der Waals surface area contributed by atoms with Gasteiger partial charge in [0.15, 0.2) is 0 Å². The number of benzene rings is 7. The van der Waals surface area contributed by atoms with Crippen LogP contribution in [0.4, 0.5) is 0 Å². The Morgan fingerprint density at radius 2 is 1.12 bits per heavy atom. The molecule has 52 heavy (non-hydrogen) atoms. The van der Waals surface area contributed by atoms with E-state index >= 15 is 0 Å². The molecule has 0 aliphatic heterocycles. The van der Waals surface area contributed by atoms with Gasteiger partial charge in [0.05, 0.1) is 28.6 Å². The van der Waals surface area contributed by atoms with E-state index < -0.39 is 0 Å². The van der Waals surface area contributed by atoms with Gasteiger partial charge in [0.2, 0.25) is 0 Å². The standard InChI is InChI=1S/C49H35N3/c1-2-12-32-13-11-16-37(27-32)52-46-25-24-36(29-42(46)43-30-45(51-31-47(43)52)44-21-9-10-26-50-44)49-40-19-7-5-17-38(40)48(39-18-6-8-20-41(39)49)35-23-22-33-14-3-4-15-34(33)28-35/h3-11,13-31H,2,12H2,1H3. The molecule has 0 aliphatic carbocycles. The van der Waals surface area contributed by atoms with Crippen LogP contribution >= 0.6 is 0 Å². The van der Waals surface area contributed by atoms with Crippen LogP contribution in [0.5, 0.6) is 0 Å². The molecule has 0 spiro atoms. The Kier molecular flexibility index (Phi) is 7.17. The van der Waals surface area contributed by atoms with Crippen molar-refractivity contribution in [1.82, 2.24) is 14.5 Å². The Morgan fingerprint density at radius 1 is 0.462 bits per heavy atom. The van der Waals surface area contributed by atoms with Crippen LogP contribution in [0.2, 0.25) is 0 Å². The van der Waals surface area contributed by atoms with E-state index in [-0.39, 0.29) is 0 Å². The van der Waals surface area contributed by atoms with Gasteiger partial charge >= 0.3 is 0 Å². The van der Waals surface area contributed by atoms with Gasteiger partial charge in [-0.1, -0.05) is 123 Å². The normalized spacial score (nSPS) is 11.7. The maximum atomic E-state index is 4.95. The average molecular weight is 666 g/mol. The van der Waals surface area contributed by atoms with Gasteiger partial charge < -0.3 is 4.57 Å². The largest absolute Gasteiger partial charge is 0.308 e. The third kappa shape index (κ3) is 4.89. The van der Waals surface area contributed by atoms with Gasteiger partial charge in [0.1, 0.15) is 0 Å². The topological polar surface area (TPSA) is 30.7 Å². The molecule has 3 heteroatoms. The number of aromatic nitrogens is 3. The minimum Gasteiger partial charge on any atom is -0.308 e. The zero-order valence-electron chi connectivity index (χ0n) is 28.9. The molecule has 3 nitrogen and oxygen atoms in total. The first-order chi connectivity index (χ1) is 25.7. The van der Waals surface area contributed by atoms with Gasteiger partial charge in [-0.2, -0.15) is 0 Å². The molecule has 0 radical (unpaired) electrons. The van der Waals surface area contributed by atoms with E-state index in [2.05, 4.69) is 156 Å². The summed E-state index contributed by atoms with van der Waals surface area (Å²) in [4.78, 5) is 9.60. The quantitative estimate of drug-likeness (QED) is 0.166. The molecular weight excluding hydrogens is 631 g/mol. The van der Waals surface area contributed by atoms with Crippen molar-refractivity contribution >= 4 is 54.1 Å². The number of rotatable bonds is 6. The van der Waals surface area contributed by atoms with Crippen LogP contribution in [0.25, 0.3) is 93.5 Å². The van der Waals surface area contributed by atoms with Gasteiger partial charge in [0, 0.05) is 22.7 Å². The minimum absolute atomic E-state index is 0.868. The summed E-state index contributed by atoms with van der Waals surface area (Å²) in [6, 6.07) is 57.5. The SMILES string of the molecule is CCCc1cccc(-n2c3ccc(-c4c5ccccc5c(-c5ccc6ccccc6c5)c5ccccc45)cc3c3cc(-c4ccccn4)ncc32)c1. The number of fused-ring (bicyclic) bond motifs is 6. The Bertz CT molecular complexity index is 2920. The summed E-state index contributed by atoms with van der Waals surface area (Å²) in [7, 11) is 0. The fraction of sp³-hybridized carbons (Fsp3) is 0.0612. The van der Waals surface area contributed by atoms with E-state index in [9.17, 15) is 0 Å². The van der Waals surface area contributed by atoms with Crippen molar-refractivity contribution in [1.29, 1.82) is 0 Å². The molecule has 0 atom stereocenters. The fourth-order valence-corrected chi connectivity index (χ4v) is 8.24. The van der Waals surface area contributed by atoms with Gasteiger partial charge in [-0.25, -0.2) is 0 Å². The maximum Gasteiger partial charge on any atom is 0.0893 e. The van der Waals surface area contributed by atoms with E-state index in [0.29, 0.717) is 0 Å². The van der Waals surface area contributed by atoms with E-state index in [0.717, 1.165) is 46.3 Å². The summed E-state index contributed by atoms with van der Waals surface area (Å²) in [6.07, 6.45) is 6.01. The van der Waals surface area contributed by atoms with Crippen LogP contribution in [0.15, 0.2) is 170 Å². The molecule has 10 rings (SSSR count). The first kappa shape index (κ1) is 30.3. The number of hydrogen-bond donors (Lipinski definition) is 0. The summed E-state index contributed by atoms with van der Waals surface area (Å²) in [5.41, 5.74) is 11.4. The Hall–Kier alpha value is -6.58. The summed E-state index contributed by atoms with van der Waals surface area (Å²) in [6.45, 7) is 2.24. The number of aryl methyl sites for hydroxylation is 1. The first-order valence-electron chi connectivity index (χ1n) is 18.1. The zero-order chi connectivity index (χ0) is 34.6. The van der Waals surface area contributed by atoms with Crippen molar-refractivity contribution in [2.45, 2.75) is 19.8 Å². The van der Waals surface area contributed by atoms with Crippen LogP contribution in [0, 0.1) is 0 Å². The van der Waals surface area contributed by atoms with Gasteiger partial charge in [-0.15, -0.1) is 0 Å². The number of pyridine rings is 2. The predicted molar refractivity (Wildman–Crippen MR) is 219 cm³/mol. The highest BCUT2D eigenvalue weighted by Gasteiger charge is 2.20. The van der Waals surface area contributed by atoms with Crippen molar-refractivity contribution in [3.05, 3.63) is 176 Å². The lowest BCUT2D eigenvalue weighted by Crippen LogP contribution is -1.96. The molecule has 0 N–H and O–H groups in total. The lowest BCUT2D eigenvalue weighted by atomic mass is 9.85. The molecule has 0 fully saturated rings. The second kappa shape index (κ2) is 12.3. The van der Waals surface area contributed by atoms with Crippen molar-refractivity contribution in [3.8, 4) is 39.3 Å². The fourth-order valence-electron chi connectivity index (χ4n) is 8.24. The molecule has 0 bridgehead atoms. The molecule has 3 heterocycles. The minimum atomic E-state index is 0.868. The van der Waals surface area contributed by atoms with Crippen molar-refractivity contribution in [3.63, 3.8) is 0 Å². The molecule has 246 valence electrons. The zero-order valence-corrected chi connectivity index (χ0v) is 28.9. The summed E-state index contributed by atoms with van der Waals surface area (Å²) < 4.78 is 2.38. The molecule has 0 saturated carbocycles. The van der Waals surface area contributed by atoms with Gasteiger partial charge in [-0.3, -0.25) is 9.97 Å². The summed E-state index contributed by atoms with van der Waals surface area (Å²) >= 11 is 0. The predicted octanol–water partition coefficient (Wildman–Crippen LogP) is 13.0. The van der Waals surface area contributed by atoms with Crippen LogP contribution in [0.3, 0.4) is 0 Å². The molecule has 10 aromatic rings. The van der Waals surface area contributed by atoms with Crippen LogP contribution in [0.1, 0.15) is 18.9 Å². The smallest absolute Gasteiger partial charge is 0.0893 e. The van der Waals surface area contributed by atoms with Crippen molar-refractivity contribution in [2.75, 3.05) is 0 Å². The van der Waals surface area contributed by atoms with E-state index in [1.54, 1.807) is 0 Å². The second-order valence-corrected chi connectivity index (χ2v) is 13.7. The van der Waals surface area contributed by atoms with E-state index in [4.69, 9.17) is 4.98 Å². The third-order valence-electron chi connectivity index (χ3n) is 10.5. The van der Waals surface area contributed by atoms with Gasteiger partial charge in [0.25, 0.3) is 0 Å². The molecular formula is C49H35N3. The average Bonchev–Trinajstić information content (AvgIpc) is 3.53. The Labute approximate surface area is 302 Å². The van der Waals surface area contributed by atoms with Crippen LogP contribution in [-0.4, -0.2) is 14.5 Å². The molecule has 7 aromatic carbocycles. The first-order valence-corrected chi connectivity index (χ1v) is 18.1. The second-order valence-electron chi connectivity index (χ2n) is 13.7.